The van der Waals surface area contributed by atoms with E-state index in [4.69, 9.17) is 10.2 Å². The second-order valence-corrected chi connectivity index (χ2v) is 9.72. The maximum atomic E-state index is 13.3. The van der Waals surface area contributed by atoms with Crippen molar-refractivity contribution in [3.05, 3.63) is 88.8 Å². The lowest BCUT2D eigenvalue weighted by atomic mass is 9.90. The number of aromatic nitrogens is 2. The number of carbonyl (C=O) groups excluding carboxylic acids is 1. The number of allylic oxidation sites excluding steroid dienone is 4. The van der Waals surface area contributed by atoms with Crippen LogP contribution in [0.25, 0.3) is 17.0 Å². The van der Waals surface area contributed by atoms with Crippen molar-refractivity contribution in [1.82, 2.24) is 15.1 Å². The van der Waals surface area contributed by atoms with E-state index >= 15 is 0 Å². The first-order valence-corrected chi connectivity index (χ1v) is 12.4. The zero-order valence-electron chi connectivity index (χ0n) is 20.4. The molecule has 2 aliphatic rings. The minimum atomic E-state index is -0.860. The van der Waals surface area contributed by atoms with Gasteiger partial charge in [-0.1, -0.05) is 42.5 Å². The molecule has 1 atom stereocenters. The molecule has 7 nitrogen and oxygen atoms in total. The number of benzene rings is 2. The Hall–Kier alpha value is -4.02. The first-order valence-electron chi connectivity index (χ1n) is 12.4. The monoisotopic (exact) mass is 479 g/mol. The van der Waals surface area contributed by atoms with E-state index in [-0.39, 0.29) is 5.91 Å². The summed E-state index contributed by atoms with van der Waals surface area (Å²) in [4.78, 5) is 15.2. The summed E-state index contributed by atoms with van der Waals surface area (Å²) in [6.07, 6.45) is 8.22. The molecule has 1 fully saturated rings. The summed E-state index contributed by atoms with van der Waals surface area (Å²) >= 11 is 0. The maximum absolute atomic E-state index is 13.3. The quantitative estimate of drug-likeness (QED) is 0.532. The van der Waals surface area contributed by atoms with Gasteiger partial charge in [-0.2, -0.15) is 5.26 Å². The van der Waals surface area contributed by atoms with Crippen molar-refractivity contribution in [3.63, 3.8) is 0 Å². The highest BCUT2D eigenvalue weighted by Gasteiger charge is 2.29. The molecule has 36 heavy (non-hydrogen) atoms. The Morgan fingerprint density at radius 1 is 1.08 bits per heavy atom. The van der Waals surface area contributed by atoms with Crippen molar-refractivity contribution >= 4 is 11.5 Å². The molecular weight excluding hydrogens is 450 g/mol. The first kappa shape index (κ1) is 23.7. The van der Waals surface area contributed by atoms with Crippen LogP contribution in [0.15, 0.2) is 70.7 Å². The van der Waals surface area contributed by atoms with Gasteiger partial charge in [0, 0.05) is 24.2 Å². The van der Waals surface area contributed by atoms with Gasteiger partial charge in [-0.05, 0) is 73.9 Å². The minimum Gasteiger partial charge on any atom is -0.419 e. The lowest BCUT2D eigenvalue weighted by molar-refractivity contribution is 0.0793. The summed E-state index contributed by atoms with van der Waals surface area (Å²) in [5, 5.41) is 18.3. The van der Waals surface area contributed by atoms with E-state index in [9.17, 15) is 10.1 Å². The molecule has 1 amide bonds. The summed E-state index contributed by atoms with van der Waals surface area (Å²) in [6.45, 7) is 3.37. The van der Waals surface area contributed by atoms with Gasteiger partial charge in [-0.25, -0.2) is 0 Å². The molecule has 2 N–H and O–H groups in total. The van der Waals surface area contributed by atoms with Gasteiger partial charge < -0.3 is 15.1 Å². The molecule has 2 aromatic carbocycles. The number of amides is 1. The van der Waals surface area contributed by atoms with Gasteiger partial charge >= 0.3 is 0 Å². The topological polar surface area (TPSA) is 109 Å². The molecule has 2 heterocycles. The normalized spacial score (nSPS) is 17.2. The van der Waals surface area contributed by atoms with E-state index in [0.717, 1.165) is 55.5 Å². The van der Waals surface area contributed by atoms with Gasteiger partial charge in [0.2, 0.25) is 11.8 Å². The van der Waals surface area contributed by atoms with Gasteiger partial charge in [-0.3, -0.25) is 4.79 Å². The molecule has 0 spiro atoms. The summed E-state index contributed by atoms with van der Waals surface area (Å²) in [5.41, 5.74) is 10.2. The largest absolute Gasteiger partial charge is 0.419 e. The van der Waals surface area contributed by atoms with Gasteiger partial charge in [0.25, 0.3) is 5.91 Å². The van der Waals surface area contributed by atoms with Gasteiger partial charge in [0.15, 0.2) is 0 Å². The van der Waals surface area contributed by atoms with Crippen LogP contribution in [0, 0.1) is 11.3 Å². The fraction of sp³-hybridized carbons (Fsp3) is 0.310. The van der Waals surface area contributed by atoms with Gasteiger partial charge in [0.05, 0.1) is 17.2 Å². The number of nitrogens with zero attached hydrogens (tertiary/aromatic N) is 4. The summed E-state index contributed by atoms with van der Waals surface area (Å²) in [6, 6.07) is 17.8. The van der Waals surface area contributed by atoms with Crippen LogP contribution in [-0.4, -0.2) is 34.1 Å². The third kappa shape index (κ3) is 4.86. The van der Waals surface area contributed by atoms with Crippen molar-refractivity contribution in [2.24, 2.45) is 5.73 Å². The van der Waals surface area contributed by atoms with Crippen molar-refractivity contribution in [2.45, 2.75) is 44.6 Å². The van der Waals surface area contributed by atoms with E-state index in [2.05, 4.69) is 22.3 Å². The predicted molar refractivity (Wildman–Crippen MR) is 137 cm³/mol. The van der Waals surface area contributed by atoms with Crippen LogP contribution in [0.3, 0.4) is 0 Å². The number of hydrogen-bond donors (Lipinski definition) is 1. The minimum absolute atomic E-state index is 0.0259. The molecule has 7 heteroatoms. The zero-order valence-corrected chi connectivity index (χ0v) is 20.4. The number of nitriles is 1. The Morgan fingerprint density at radius 2 is 1.81 bits per heavy atom. The molecule has 5 rings (SSSR count). The highest BCUT2D eigenvalue weighted by molar-refractivity contribution is 5.97. The maximum Gasteiger partial charge on any atom is 0.253 e. The van der Waals surface area contributed by atoms with Gasteiger partial charge in [0.1, 0.15) is 0 Å². The highest BCUT2D eigenvalue weighted by Crippen LogP contribution is 2.33. The molecule has 0 saturated carbocycles. The second-order valence-electron chi connectivity index (χ2n) is 9.72. The fourth-order valence-corrected chi connectivity index (χ4v) is 4.85. The van der Waals surface area contributed by atoms with Crippen LogP contribution in [0.5, 0.6) is 0 Å². The van der Waals surface area contributed by atoms with E-state index in [1.54, 1.807) is 6.07 Å². The Balaban J connectivity index is 1.53. The second kappa shape index (κ2) is 9.92. The molecule has 1 aliphatic heterocycles. The number of rotatable bonds is 6. The SMILES string of the molecule is C[C@@](N)(Cc1ccccc1)c1nnc(-c2cc(C(=O)N3CCCC3)cc(C3=CCCC=C3C#N)c2)o1. The zero-order chi connectivity index (χ0) is 25.1. The van der Waals surface area contributed by atoms with E-state index in [1.807, 2.05) is 60.4 Å². The third-order valence-corrected chi connectivity index (χ3v) is 6.73. The number of likely N-dealkylation sites (tertiary alicyclic amines) is 1. The van der Waals surface area contributed by atoms with Crippen molar-refractivity contribution in [1.29, 1.82) is 5.26 Å². The van der Waals surface area contributed by atoms with Crippen LogP contribution in [0.2, 0.25) is 0 Å². The molecular formula is C29H29N5O2. The van der Waals surface area contributed by atoms with E-state index in [0.29, 0.717) is 34.9 Å². The molecule has 3 aromatic rings. The summed E-state index contributed by atoms with van der Waals surface area (Å²) in [5.74, 6) is 0.599. The van der Waals surface area contributed by atoms with Crippen molar-refractivity contribution in [3.8, 4) is 17.5 Å². The molecule has 0 bridgehead atoms. The van der Waals surface area contributed by atoms with Gasteiger partial charge in [-0.15, -0.1) is 10.2 Å². The average molecular weight is 480 g/mol. The highest BCUT2D eigenvalue weighted by atomic mass is 16.4. The van der Waals surface area contributed by atoms with Crippen molar-refractivity contribution < 1.29 is 9.21 Å². The number of carbonyl (C=O) groups is 1. The molecule has 1 aliphatic carbocycles. The van der Waals surface area contributed by atoms with Crippen molar-refractivity contribution in [2.75, 3.05) is 13.1 Å². The standard InChI is InChI=1S/C29H29N5O2/c1-29(31,18-20-9-3-2-4-10-20)28-33-32-26(36-28)23-15-22(25-12-6-5-11-21(25)19-30)16-24(17-23)27(35)34-13-7-8-14-34/h2-4,9-12,15-17H,5-8,13-14,18,31H2,1H3/t29-/m1/s1. The Kier molecular flexibility index (Phi) is 6.53. The van der Waals surface area contributed by atoms with Crippen LogP contribution in [0.4, 0.5) is 0 Å². The molecule has 1 saturated heterocycles. The molecule has 182 valence electrons. The number of hydrogen-bond acceptors (Lipinski definition) is 6. The fourth-order valence-electron chi connectivity index (χ4n) is 4.85. The summed E-state index contributed by atoms with van der Waals surface area (Å²) < 4.78 is 6.09. The summed E-state index contributed by atoms with van der Waals surface area (Å²) in [7, 11) is 0. The smallest absolute Gasteiger partial charge is 0.253 e. The Bertz CT molecular complexity index is 1370. The molecule has 0 radical (unpaired) electrons. The molecule has 0 unspecified atom stereocenters. The third-order valence-electron chi connectivity index (χ3n) is 6.73. The lowest BCUT2D eigenvalue weighted by Gasteiger charge is -2.20. The van der Waals surface area contributed by atoms with E-state index < -0.39 is 5.54 Å². The van der Waals surface area contributed by atoms with Crippen LogP contribution in [0.1, 0.15) is 60.0 Å². The first-order chi connectivity index (χ1) is 17.4. The predicted octanol–water partition coefficient (Wildman–Crippen LogP) is 5.02. The van der Waals surface area contributed by atoms with Crippen LogP contribution >= 0.6 is 0 Å². The number of nitrogens with two attached hydrogens (primary N) is 1. The molecule has 1 aromatic heterocycles. The van der Waals surface area contributed by atoms with Crippen LogP contribution in [-0.2, 0) is 12.0 Å². The average Bonchev–Trinajstić information content (AvgIpc) is 3.62. The Labute approximate surface area is 210 Å². The lowest BCUT2D eigenvalue weighted by Crippen LogP contribution is -2.35. The van der Waals surface area contributed by atoms with E-state index in [1.165, 1.54) is 0 Å². The van der Waals surface area contributed by atoms with Crippen LogP contribution < -0.4 is 5.73 Å². The Morgan fingerprint density at radius 3 is 2.56 bits per heavy atom.